The highest BCUT2D eigenvalue weighted by atomic mass is 19.4. The standard InChI is InChI=1S/C22H22F6N4O3/c1-20(2,35-3)18-12-31(15-4-5-17(30-10-15)22(26,27)28)19(34)32(18)11-16(33)9-14-8-13(6-7-29-14)21(23,24)25/h4-8,10,18H,9,11-12H2,1-3H3/t18-/m1/s1. The molecule has 190 valence electrons. The molecule has 3 rings (SSSR count). The Morgan fingerprint density at radius 3 is 2.31 bits per heavy atom. The van der Waals surface area contributed by atoms with Crippen LogP contribution in [0.2, 0.25) is 0 Å². The minimum atomic E-state index is -4.65. The molecule has 1 atom stereocenters. The molecule has 1 fully saturated rings. The van der Waals surface area contributed by atoms with Gasteiger partial charge in [0.05, 0.1) is 48.6 Å². The van der Waals surface area contributed by atoms with E-state index in [9.17, 15) is 35.9 Å². The summed E-state index contributed by atoms with van der Waals surface area (Å²) in [5.41, 5.74) is -3.05. The second-order valence-electron chi connectivity index (χ2n) is 8.49. The van der Waals surface area contributed by atoms with Gasteiger partial charge in [-0.05, 0) is 38.1 Å². The van der Waals surface area contributed by atoms with Crippen LogP contribution in [-0.4, -0.2) is 58.5 Å². The number of pyridine rings is 2. The quantitative estimate of drug-likeness (QED) is 0.524. The Bertz CT molecular complexity index is 1090. The summed E-state index contributed by atoms with van der Waals surface area (Å²) in [4.78, 5) is 35.4. The van der Waals surface area contributed by atoms with Crippen molar-refractivity contribution in [1.29, 1.82) is 0 Å². The molecule has 0 aromatic carbocycles. The van der Waals surface area contributed by atoms with Gasteiger partial charge in [0.15, 0.2) is 5.78 Å². The van der Waals surface area contributed by atoms with Gasteiger partial charge in [-0.3, -0.25) is 14.7 Å². The second-order valence-corrected chi connectivity index (χ2v) is 8.49. The first kappa shape index (κ1) is 26.4. The maximum Gasteiger partial charge on any atom is 0.433 e. The average molecular weight is 504 g/mol. The Hall–Kier alpha value is -3.22. The van der Waals surface area contributed by atoms with Crippen molar-refractivity contribution >= 4 is 17.5 Å². The van der Waals surface area contributed by atoms with Crippen LogP contribution in [0.1, 0.15) is 30.8 Å². The van der Waals surface area contributed by atoms with Crippen LogP contribution in [0.4, 0.5) is 36.8 Å². The van der Waals surface area contributed by atoms with Gasteiger partial charge >= 0.3 is 18.4 Å². The smallest absolute Gasteiger partial charge is 0.377 e. The monoisotopic (exact) mass is 504 g/mol. The molecule has 0 unspecified atom stereocenters. The summed E-state index contributed by atoms with van der Waals surface area (Å²) in [6.07, 6.45) is -7.84. The normalized spacial score (nSPS) is 17.3. The van der Waals surface area contributed by atoms with Gasteiger partial charge in [-0.25, -0.2) is 9.78 Å². The Morgan fingerprint density at radius 1 is 1.09 bits per heavy atom. The number of carbonyl (C=O) groups is 2. The number of alkyl halides is 6. The Kier molecular flexibility index (Phi) is 7.12. The number of hydrogen-bond donors (Lipinski definition) is 0. The van der Waals surface area contributed by atoms with Gasteiger partial charge in [-0.1, -0.05) is 0 Å². The third-order valence-corrected chi connectivity index (χ3v) is 5.76. The third kappa shape index (κ3) is 5.89. The topological polar surface area (TPSA) is 75.6 Å². The van der Waals surface area contributed by atoms with Crippen molar-refractivity contribution < 1.29 is 40.7 Å². The Morgan fingerprint density at radius 2 is 1.77 bits per heavy atom. The lowest BCUT2D eigenvalue weighted by Crippen LogP contribution is -2.51. The van der Waals surface area contributed by atoms with E-state index in [0.717, 1.165) is 36.7 Å². The lowest BCUT2D eigenvalue weighted by molar-refractivity contribution is -0.141. The van der Waals surface area contributed by atoms with Gasteiger partial charge in [0.2, 0.25) is 0 Å². The Labute approximate surface area is 196 Å². The minimum Gasteiger partial charge on any atom is -0.377 e. The third-order valence-electron chi connectivity index (χ3n) is 5.76. The molecule has 0 saturated carbocycles. The van der Waals surface area contributed by atoms with Crippen LogP contribution in [0.5, 0.6) is 0 Å². The number of ketones is 1. The summed E-state index contributed by atoms with van der Waals surface area (Å²) in [7, 11) is 1.40. The van der Waals surface area contributed by atoms with Crippen LogP contribution in [0, 0.1) is 0 Å². The van der Waals surface area contributed by atoms with Crippen LogP contribution in [-0.2, 0) is 28.3 Å². The summed E-state index contributed by atoms with van der Waals surface area (Å²) in [5.74, 6) is -0.575. The zero-order valence-corrected chi connectivity index (χ0v) is 18.9. The lowest BCUT2D eigenvalue weighted by atomic mass is 9.97. The fourth-order valence-corrected chi connectivity index (χ4v) is 3.68. The SMILES string of the molecule is COC(C)(C)[C@H]1CN(c2ccc(C(F)(F)F)nc2)C(=O)N1CC(=O)Cc1cc(C(F)(F)F)ccn1. The van der Waals surface area contributed by atoms with Crippen molar-refractivity contribution in [3.05, 3.63) is 53.6 Å². The highest BCUT2D eigenvalue weighted by molar-refractivity contribution is 5.97. The molecule has 1 aliphatic heterocycles. The van der Waals surface area contributed by atoms with Gasteiger partial charge in [0, 0.05) is 19.0 Å². The second kappa shape index (κ2) is 9.44. The number of anilines is 1. The molecular formula is C22H22F6N4O3. The van der Waals surface area contributed by atoms with E-state index in [2.05, 4.69) is 9.97 Å². The highest BCUT2D eigenvalue weighted by Gasteiger charge is 2.47. The highest BCUT2D eigenvalue weighted by Crippen LogP contribution is 2.33. The van der Waals surface area contributed by atoms with Gasteiger partial charge in [-0.15, -0.1) is 0 Å². The molecular weight excluding hydrogens is 482 g/mol. The number of urea groups is 1. The van der Waals surface area contributed by atoms with Crippen molar-refractivity contribution in [3.8, 4) is 0 Å². The molecule has 2 aromatic heterocycles. The molecule has 13 heteroatoms. The lowest BCUT2D eigenvalue weighted by Gasteiger charge is -2.35. The first-order chi connectivity index (χ1) is 16.1. The summed E-state index contributed by atoms with van der Waals surface area (Å²) < 4.78 is 82.8. The van der Waals surface area contributed by atoms with Gasteiger partial charge < -0.3 is 9.64 Å². The number of aromatic nitrogens is 2. The van der Waals surface area contributed by atoms with E-state index in [-0.39, 0.29) is 17.9 Å². The number of carbonyl (C=O) groups excluding carboxylic acids is 2. The molecule has 0 spiro atoms. The van der Waals surface area contributed by atoms with Gasteiger partial charge in [0.25, 0.3) is 0 Å². The van der Waals surface area contributed by atoms with Crippen molar-refractivity contribution in [2.24, 2.45) is 0 Å². The molecule has 1 aliphatic rings. The molecule has 0 N–H and O–H groups in total. The Balaban J connectivity index is 1.82. The van der Waals surface area contributed by atoms with Crippen LogP contribution in [0.15, 0.2) is 36.7 Å². The van der Waals surface area contributed by atoms with E-state index in [1.807, 2.05) is 0 Å². The van der Waals surface area contributed by atoms with Crippen molar-refractivity contribution in [1.82, 2.24) is 14.9 Å². The number of halogens is 6. The summed E-state index contributed by atoms with van der Waals surface area (Å²) in [6, 6.07) is 2.02. The maximum absolute atomic E-state index is 13.2. The predicted molar refractivity (Wildman–Crippen MR) is 112 cm³/mol. The zero-order chi connectivity index (χ0) is 26.2. The molecule has 0 bridgehead atoms. The van der Waals surface area contributed by atoms with Crippen molar-refractivity contribution in [2.45, 2.75) is 44.3 Å². The molecule has 2 aromatic rings. The van der Waals surface area contributed by atoms with Crippen LogP contribution >= 0.6 is 0 Å². The fourth-order valence-electron chi connectivity index (χ4n) is 3.68. The number of Topliss-reactive ketones (excluding diaryl/α,β-unsaturated/α-hetero) is 1. The van der Waals surface area contributed by atoms with E-state index < -0.39 is 60.0 Å². The molecule has 2 amide bonds. The number of hydrogen-bond acceptors (Lipinski definition) is 5. The first-order valence-electron chi connectivity index (χ1n) is 10.3. The van der Waals surface area contributed by atoms with Crippen LogP contribution in [0.3, 0.4) is 0 Å². The van der Waals surface area contributed by atoms with E-state index in [1.165, 1.54) is 16.9 Å². The van der Waals surface area contributed by atoms with Gasteiger partial charge in [0.1, 0.15) is 5.69 Å². The van der Waals surface area contributed by atoms with E-state index >= 15 is 0 Å². The minimum absolute atomic E-state index is 0.0121. The number of methoxy groups -OCH3 is 1. The average Bonchev–Trinajstić information content (AvgIpc) is 3.09. The maximum atomic E-state index is 13.2. The van der Waals surface area contributed by atoms with E-state index in [0.29, 0.717) is 0 Å². The van der Waals surface area contributed by atoms with E-state index in [1.54, 1.807) is 13.8 Å². The summed E-state index contributed by atoms with van der Waals surface area (Å²) in [5, 5.41) is 0. The predicted octanol–water partition coefficient (Wildman–Crippen LogP) is 4.36. The fraction of sp³-hybridized carbons (Fsp3) is 0.455. The molecule has 1 saturated heterocycles. The molecule has 0 radical (unpaired) electrons. The van der Waals surface area contributed by atoms with Crippen molar-refractivity contribution in [2.75, 3.05) is 25.1 Å². The van der Waals surface area contributed by atoms with Gasteiger partial charge in [-0.2, -0.15) is 26.3 Å². The van der Waals surface area contributed by atoms with E-state index in [4.69, 9.17) is 4.74 Å². The largest absolute Gasteiger partial charge is 0.433 e. The molecule has 3 heterocycles. The zero-order valence-electron chi connectivity index (χ0n) is 18.9. The number of nitrogens with zero attached hydrogens (tertiary/aromatic N) is 4. The molecule has 7 nitrogen and oxygen atoms in total. The molecule has 35 heavy (non-hydrogen) atoms. The number of ether oxygens (including phenoxy) is 1. The molecule has 0 aliphatic carbocycles. The first-order valence-corrected chi connectivity index (χ1v) is 10.3. The summed E-state index contributed by atoms with van der Waals surface area (Å²) >= 11 is 0. The van der Waals surface area contributed by atoms with Crippen LogP contribution < -0.4 is 4.90 Å². The van der Waals surface area contributed by atoms with Crippen molar-refractivity contribution in [3.63, 3.8) is 0 Å². The number of amides is 2. The number of rotatable bonds is 7. The van der Waals surface area contributed by atoms with Crippen LogP contribution in [0.25, 0.3) is 0 Å². The summed E-state index contributed by atoms with van der Waals surface area (Å²) in [6.45, 7) is 2.87.